The van der Waals surface area contributed by atoms with E-state index in [0.29, 0.717) is 25.0 Å². The fourth-order valence-corrected chi connectivity index (χ4v) is 1.44. The summed E-state index contributed by atoms with van der Waals surface area (Å²) >= 11 is 0. The molecule has 0 saturated heterocycles. The molecule has 0 spiro atoms. The van der Waals surface area contributed by atoms with Gasteiger partial charge in [-0.1, -0.05) is 17.2 Å². The molecule has 0 bridgehead atoms. The van der Waals surface area contributed by atoms with Crippen LogP contribution in [0.5, 0.6) is 0 Å². The molecule has 2 N–H and O–H groups in total. The van der Waals surface area contributed by atoms with E-state index in [1.807, 2.05) is 13.0 Å². The number of rotatable bonds is 7. The van der Waals surface area contributed by atoms with Gasteiger partial charge in [0.15, 0.2) is 0 Å². The maximum absolute atomic E-state index is 5.40. The van der Waals surface area contributed by atoms with Gasteiger partial charge in [-0.2, -0.15) is 0 Å². The van der Waals surface area contributed by atoms with Crippen molar-refractivity contribution >= 4 is 6.01 Å². The molecule has 0 radical (unpaired) electrons. The van der Waals surface area contributed by atoms with Gasteiger partial charge in [-0.15, -0.1) is 5.10 Å². The van der Waals surface area contributed by atoms with Gasteiger partial charge in [0.05, 0.1) is 13.1 Å². The van der Waals surface area contributed by atoms with Gasteiger partial charge >= 0.3 is 6.01 Å². The fraction of sp³-hybridized carbons (Fsp3) is 0.545. The molecule has 0 aliphatic carbocycles. The monoisotopic (exact) mass is 251 g/mol. The Bertz CT molecular complexity index is 479. The van der Waals surface area contributed by atoms with Crippen LogP contribution in [0, 0.1) is 6.92 Å². The van der Waals surface area contributed by atoms with Gasteiger partial charge in [-0.25, -0.2) is 0 Å². The molecule has 0 aliphatic rings. The zero-order valence-electron chi connectivity index (χ0n) is 10.6. The molecule has 2 rings (SSSR count). The Hall–Kier alpha value is -1.89. The standard InChI is InChI=1S/C11H17N5O2/c1-3-4-12-7-10-14-15-11(17-10)13-6-9-5-8(2)18-16-9/h5,12H,3-4,6-7H2,1-2H3,(H,13,15). The summed E-state index contributed by atoms with van der Waals surface area (Å²) in [6.45, 7) is 5.98. The molecule has 18 heavy (non-hydrogen) atoms. The number of nitrogens with one attached hydrogen (secondary N) is 2. The number of nitrogens with zero attached hydrogens (tertiary/aromatic N) is 3. The molecular weight excluding hydrogens is 234 g/mol. The summed E-state index contributed by atoms with van der Waals surface area (Å²) in [5, 5.41) is 17.9. The zero-order valence-corrected chi connectivity index (χ0v) is 10.6. The lowest BCUT2D eigenvalue weighted by Gasteiger charge is -1.97. The molecule has 7 heteroatoms. The molecule has 0 unspecified atom stereocenters. The van der Waals surface area contributed by atoms with Gasteiger partial charge < -0.3 is 19.6 Å². The van der Waals surface area contributed by atoms with Crippen LogP contribution in [0.4, 0.5) is 6.01 Å². The molecule has 2 heterocycles. The second kappa shape index (κ2) is 6.15. The van der Waals surface area contributed by atoms with Crippen LogP contribution in [0.15, 0.2) is 15.0 Å². The lowest BCUT2D eigenvalue weighted by molar-refractivity contribution is 0.391. The Morgan fingerprint density at radius 2 is 2.17 bits per heavy atom. The molecule has 0 saturated carbocycles. The molecule has 0 aromatic carbocycles. The first-order valence-electron chi connectivity index (χ1n) is 5.97. The number of aryl methyl sites for hydroxylation is 1. The summed E-state index contributed by atoms with van der Waals surface area (Å²) < 4.78 is 10.4. The molecule has 0 fully saturated rings. The van der Waals surface area contributed by atoms with E-state index in [-0.39, 0.29) is 0 Å². The summed E-state index contributed by atoms with van der Waals surface area (Å²) in [6, 6.07) is 2.25. The first-order chi connectivity index (χ1) is 8.78. The molecule has 2 aromatic heterocycles. The summed E-state index contributed by atoms with van der Waals surface area (Å²) in [5.74, 6) is 1.35. The smallest absolute Gasteiger partial charge is 0.315 e. The minimum absolute atomic E-state index is 0.393. The molecule has 7 nitrogen and oxygen atoms in total. The predicted octanol–water partition coefficient (Wildman–Crippen LogP) is 1.48. The average molecular weight is 251 g/mol. The third kappa shape index (κ3) is 3.56. The van der Waals surface area contributed by atoms with E-state index >= 15 is 0 Å². The van der Waals surface area contributed by atoms with Gasteiger partial charge in [0.25, 0.3) is 0 Å². The van der Waals surface area contributed by atoms with Gasteiger partial charge in [0, 0.05) is 6.07 Å². The summed E-state index contributed by atoms with van der Waals surface area (Å²) in [5.41, 5.74) is 0.802. The Morgan fingerprint density at radius 3 is 2.89 bits per heavy atom. The Morgan fingerprint density at radius 1 is 1.28 bits per heavy atom. The third-order valence-corrected chi connectivity index (χ3v) is 2.27. The Kier molecular flexibility index (Phi) is 4.30. The van der Waals surface area contributed by atoms with Crippen LogP contribution in [0.25, 0.3) is 0 Å². The molecular formula is C11H17N5O2. The van der Waals surface area contributed by atoms with E-state index in [1.165, 1.54) is 0 Å². The van der Waals surface area contributed by atoms with E-state index in [0.717, 1.165) is 24.4 Å². The van der Waals surface area contributed by atoms with Crippen molar-refractivity contribution in [1.29, 1.82) is 0 Å². The average Bonchev–Trinajstić information content (AvgIpc) is 2.96. The third-order valence-electron chi connectivity index (χ3n) is 2.27. The second-order valence-corrected chi connectivity index (χ2v) is 3.96. The maximum atomic E-state index is 5.40. The van der Waals surface area contributed by atoms with Crippen molar-refractivity contribution in [3.05, 3.63) is 23.4 Å². The largest absolute Gasteiger partial charge is 0.407 e. The van der Waals surface area contributed by atoms with E-state index in [1.54, 1.807) is 0 Å². The van der Waals surface area contributed by atoms with Crippen molar-refractivity contribution in [2.24, 2.45) is 0 Å². The highest BCUT2D eigenvalue weighted by Gasteiger charge is 2.06. The number of aromatic nitrogens is 3. The quantitative estimate of drug-likeness (QED) is 0.720. The van der Waals surface area contributed by atoms with Crippen molar-refractivity contribution in [2.45, 2.75) is 33.4 Å². The van der Waals surface area contributed by atoms with E-state index in [2.05, 4.69) is 32.9 Å². The van der Waals surface area contributed by atoms with Crippen LogP contribution >= 0.6 is 0 Å². The summed E-state index contributed by atoms with van der Waals surface area (Å²) in [7, 11) is 0. The maximum Gasteiger partial charge on any atom is 0.315 e. The van der Waals surface area contributed by atoms with Gasteiger partial charge in [0.1, 0.15) is 11.5 Å². The van der Waals surface area contributed by atoms with Gasteiger partial charge in [-0.05, 0) is 19.9 Å². The van der Waals surface area contributed by atoms with Crippen molar-refractivity contribution in [3.63, 3.8) is 0 Å². The van der Waals surface area contributed by atoms with Crippen molar-refractivity contribution in [3.8, 4) is 0 Å². The minimum atomic E-state index is 0.393. The topological polar surface area (TPSA) is 89.0 Å². The Balaban J connectivity index is 1.79. The summed E-state index contributed by atoms with van der Waals surface area (Å²) in [4.78, 5) is 0. The van der Waals surface area contributed by atoms with Crippen molar-refractivity contribution in [2.75, 3.05) is 11.9 Å². The van der Waals surface area contributed by atoms with Crippen LogP contribution in [0.1, 0.15) is 30.7 Å². The first kappa shape index (κ1) is 12.6. The Labute approximate surface area is 105 Å². The first-order valence-corrected chi connectivity index (χ1v) is 5.97. The predicted molar refractivity (Wildman–Crippen MR) is 64.9 cm³/mol. The van der Waals surface area contributed by atoms with Crippen LogP contribution in [-0.2, 0) is 13.1 Å². The van der Waals surface area contributed by atoms with E-state index in [9.17, 15) is 0 Å². The summed E-state index contributed by atoms with van der Waals surface area (Å²) in [6.07, 6.45) is 1.07. The second-order valence-electron chi connectivity index (χ2n) is 3.96. The van der Waals surface area contributed by atoms with Crippen LogP contribution in [0.2, 0.25) is 0 Å². The molecule has 0 atom stereocenters. The van der Waals surface area contributed by atoms with Crippen molar-refractivity contribution in [1.82, 2.24) is 20.7 Å². The molecule has 98 valence electrons. The lowest BCUT2D eigenvalue weighted by Crippen LogP contribution is -2.13. The SMILES string of the molecule is CCCNCc1nnc(NCc2cc(C)on2)o1. The normalized spacial score (nSPS) is 10.8. The minimum Gasteiger partial charge on any atom is -0.407 e. The highest BCUT2D eigenvalue weighted by atomic mass is 16.5. The highest BCUT2D eigenvalue weighted by Crippen LogP contribution is 2.08. The highest BCUT2D eigenvalue weighted by molar-refractivity contribution is 5.19. The van der Waals surface area contributed by atoms with Gasteiger partial charge in [0.2, 0.25) is 5.89 Å². The number of hydrogen-bond acceptors (Lipinski definition) is 7. The number of anilines is 1. The molecule has 0 aliphatic heterocycles. The lowest BCUT2D eigenvalue weighted by atomic mass is 10.4. The number of hydrogen-bond donors (Lipinski definition) is 2. The van der Waals surface area contributed by atoms with Gasteiger partial charge in [-0.3, -0.25) is 0 Å². The molecule has 2 aromatic rings. The van der Waals surface area contributed by atoms with Crippen molar-refractivity contribution < 1.29 is 8.94 Å². The van der Waals surface area contributed by atoms with Crippen LogP contribution in [-0.4, -0.2) is 21.9 Å². The molecule has 0 amide bonds. The van der Waals surface area contributed by atoms with E-state index < -0.39 is 0 Å². The van der Waals surface area contributed by atoms with Crippen LogP contribution < -0.4 is 10.6 Å². The fourth-order valence-electron chi connectivity index (χ4n) is 1.44. The zero-order chi connectivity index (χ0) is 12.8. The van der Waals surface area contributed by atoms with Crippen LogP contribution in [0.3, 0.4) is 0 Å². The van der Waals surface area contributed by atoms with E-state index in [4.69, 9.17) is 8.94 Å².